The van der Waals surface area contributed by atoms with Gasteiger partial charge in [0.2, 0.25) is 5.91 Å². The first-order chi connectivity index (χ1) is 11.0. The van der Waals surface area contributed by atoms with Crippen molar-refractivity contribution in [1.82, 2.24) is 9.88 Å². The van der Waals surface area contributed by atoms with Crippen LogP contribution in [0.3, 0.4) is 0 Å². The van der Waals surface area contributed by atoms with Gasteiger partial charge in [0, 0.05) is 55.1 Å². The summed E-state index contributed by atoms with van der Waals surface area (Å²) in [5.74, 6) is 0.580. The molecule has 0 aliphatic carbocycles. The van der Waals surface area contributed by atoms with E-state index in [1.165, 1.54) is 5.69 Å². The van der Waals surface area contributed by atoms with Crippen molar-refractivity contribution >= 4 is 22.9 Å². The van der Waals surface area contributed by atoms with Crippen LogP contribution in [-0.4, -0.2) is 43.0 Å². The number of likely N-dealkylation sites (tertiary alicyclic amines) is 1. The third-order valence-electron chi connectivity index (χ3n) is 4.34. The highest BCUT2D eigenvalue weighted by Crippen LogP contribution is 2.29. The van der Waals surface area contributed by atoms with Gasteiger partial charge in [0.1, 0.15) is 0 Å². The Kier molecular flexibility index (Phi) is 4.66. The molecule has 3 rings (SSSR count). The standard InChI is InChI=1S/C18H23N3OS/c1-13-9-15(20(2)3)10-17(19-13)14-6-7-21(12-14)18(22)11-16-5-4-8-23-16/h4-5,8-10,14H,6-7,11-12H2,1-3H3/t14-/m1/s1. The molecule has 1 amide bonds. The molecule has 1 fully saturated rings. The Hall–Kier alpha value is -1.88. The highest BCUT2D eigenvalue weighted by Gasteiger charge is 2.28. The van der Waals surface area contributed by atoms with Crippen LogP contribution in [0.4, 0.5) is 5.69 Å². The summed E-state index contributed by atoms with van der Waals surface area (Å²) in [6, 6.07) is 8.28. The van der Waals surface area contributed by atoms with Gasteiger partial charge in [-0.2, -0.15) is 0 Å². The van der Waals surface area contributed by atoms with Crippen LogP contribution in [0.25, 0.3) is 0 Å². The number of aryl methyl sites for hydroxylation is 1. The van der Waals surface area contributed by atoms with Gasteiger partial charge in [-0.15, -0.1) is 11.3 Å². The average Bonchev–Trinajstić information content (AvgIpc) is 3.17. The first-order valence-electron chi connectivity index (χ1n) is 7.99. The highest BCUT2D eigenvalue weighted by molar-refractivity contribution is 7.10. The molecule has 2 aromatic heterocycles. The summed E-state index contributed by atoms with van der Waals surface area (Å²) in [6.45, 7) is 3.65. The van der Waals surface area contributed by atoms with Crippen molar-refractivity contribution in [3.05, 3.63) is 45.9 Å². The lowest BCUT2D eigenvalue weighted by Gasteiger charge is -2.18. The molecule has 0 spiro atoms. The van der Waals surface area contributed by atoms with Crippen LogP contribution in [-0.2, 0) is 11.2 Å². The molecule has 1 aliphatic rings. The number of thiophene rings is 1. The first-order valence-corrected chi connectivity index (χ1v) is 8.87. The number of carbonyl (C=O) groups is 1. The van der Waals surface area contributed by atoms with Gasteiger partial charge in [-0.3, -0.25) is 9.78 Å². The molecule has 5 heteroatoms. The van der Waals surface area contributed by atoms with Crippen LogP contribution in [0, 0.1) is 6.92 Å². The molecule has 0 bridgehead atoms. The number of nitrogens with zero attached hydrogens (tertiary/aromatic N) is 3. The molecule has 1 aliphatic heterocycles. The minimum atomic E-state index is 0.232. The van der Waals surface area contributed by atoms with E-state index in [9.17, 15) is 4.79 Å². The third-order valence-corrected chi connectivity index (χ3v) is 5.22. The van der Waals surface area contributed by atoms with E-state index in [2.05, 4.69) is 17.0 Å². The molecule has 0 N–H and O–H groups in total. The molecule has 3 heterocycles. The van der Waals surface area contributed by atoms with Crippen molar-refractivity contribution < 1.29 is 4.79 Å². The summed E-state index contributed by atoms with van der Waals surface area (Å²) >= 11 is 1.65. The van der Waals surface area contributed by atoms with Crippen LogP contribution in [0.2, 0.25) is 0 Å². The van der Waals surface area contributed by atoms with Crippen LogP contribution in [0.15, 0.2) is 29.6 Å². The van der Waals surface area contributed by atoms with E-state index in [-0.39, 0.29) is 5.91 Å². The van der Waals surface area contributed by atoms with Crippen LogP contribution in [0.5, 0.6) is 0 Å². The summed E-state index contributed by atoms with van der Waals surface area (Å²) in [6.07, 6.45) is 1.52. The second kappa shape index (κ2) is 6.71. The van der Waals surface area contributed by atoms with Crippen molar-refractivity contribution in [3.63, 3.8) is 0 Å². The summed E-state index contributed by atoms with van der Waals surface area (Å²) in [5, 5.41) is 2.02. The van der Waals surface area contributed by atoms with E-state index in [1.54, 1.807) is 11.3 Å². The third kappa shape index (κ3) is 3.72. The molecule has 1 atom stereocenters. The fourth-order valence-corrected chi connectivity index (χ4v) is 3.74. The molecular weight excluding hydrogens is 306 g/mol. The largest absolute Gasteiger partial charge is 0.378 e. The maximum Gasteiger partial charge on any atom is 0.227 e. The van der Waals surface area contributed by atoms with Gasteiger partial charge in [-0.1, -0.05) is 6.07 Å². The van der Waals surface area contributed by atoms with E-state index in [0.717, 1.165) is 35.8 Å². The minimum absolute atomic E-state index is 0.232. The molecule has 0 saturated carbocycles. The lowest BCUT2D eigenvalue weighted by Crippen LogP contribution is -2.29. The predicted molar refractivity (Wildman–Crippen MR) is 95.3 cm³/mol. The van der Waals surface area contributed by atoms with Gasteiger partial charge in [0.25, 0.3) is 0 Å². The van der Waals surface area contributed by atoms with Crippen molar-refractivity contribution in [1.29, 1.82) is 0 Å². The topological polar surface area (TPSA) is 36.4 Å². The lowest BCUT2D eigenvalue weighted by molar-refractivity contribution is -0.129. The number of aromatic nitrogens is 1. The zero-order valence-corrected chi connectivity index (χ0v) is 14.8. The average molecular weight is 329 g/mol. The van der Waals surface area contributed by atoms with Crippen LogP contribution >= 0.6 is 11.3 Å². The SMILES string of the molecule is Cc1cc(N(C)C)cc([C@@H]2CCN(C(=O)Cc3cccs3)C2)n1. The number of anilines is 1. The fourth-order valence-electron chi connectivity index (χ4n) is 3.04. The Morgan fingerprint density at radius 2 is 2.26 bits per heavy atom. The molecule has 0 unspecified atom stereocenters. The fraction of sp³-hybridized carbons (Fsp3) is 0.444. The number of carbonyl (C=O) groups excluding carboxylic acids is 1. The Morgan fingerprint density at radius 3 is 2.96 bits per heavy atom. The quantitative estimate of drug-likeness (QED) is 0.865. The Labute approximate surface area is 141 Å². The van der Waals surface area contributed by atoms with Gasteiger partial charge in [0.15, 0.2) is 0 Å². The lowest BCUT2D eigenvalue weighted by atomic mass is 10.0. The maximum absolute atomic E-state index is 12.4. The molecule has 122 valence electrons. The summed E-state index contributed by atoms with van der Waals surface area (Å²) < 4.78 is 0. The van der Waals surface area contributed by atoms with Gasteiger partial charge >= 0.3 is 0 Å². The Balaban J connectivity index is 1.68. The minimum Gasteiger partial charge on any atom is -0.378 e. The number of hydrogen-bond acceptors (Lipinski definition) is 4. The van der Waals surface area contributed by atoms with Crippen LogP contribution in [0.1, 0.15) is 28.6 Å². The first kappa shape index (κ1) is 16.0. The molecule has 4 nitrogen and oxygen atoms in total. The van der Waals surface area contributed by atoms with E-state index < -0.39 is 0 Å². The van der Waals surface area contributed by atoms with E-state index in [0.29, 0.717) is 12.3 Å². The van der Waals surface area contributed by atoms with Crippen molar-refractivity contribution in [2.45, 2.75) is 25.7 Å². The van der Waals surface area contributed by atoms with Crippen molar-refractivity contribution in [2.24, 2.45) is 0 Å². The van der Waals surface area contributed by atoms with Crippen molar-refractivity contribution in [2.75, 3.05) is 32.1 Å². The molecule has 1 saturated heterocycles. The smallest absolute Gasteiger partial charge is 0.227 e. The van der Waals surface area contributed by atoms with Crippen LogP contribution < -0.4 is 4.90 Å². The monoisotopic (exact) mass is 329 g/mol. The second-order valence-corrected chi connectivity index (χ2v) is 7.40. The number of rotatable bonds is 4. The van der Waals surface area contributed by atoms with E-state index in [1.807, 2.05) is 43.4 Å². The van der Waals surface area contributed by atoms with Gasteiger partial charge in [-0.25, -0.2) is 0 Å². The summed E-state index contributed by atoms with van der Waals surface area (Å²) in [7, 11) is 4.09. The summed E-state index contributed by atoms with van der Waals surface area (Å²) in [4.78, 5) is 22.4. The van der Waals surface area contributed by atoms with E-state index >= 15 is 0 Å². The Morgan fingerprint density at radius 1 is 1.43 bits per heavy atom. The molecule has 23 heavy (non-hydrogen) atoms. The van der Waals surface area contributed by atoms with E-state index in [4.69, 9.17) is 4.98 Å². The maximum atomic E-state index is 12.4. The molecule has 0 radical (unpaired) electrons. The summed E-state index contributed by atoms with van der Waals surface area (Å²) in [5.41, 5.74) is 3.32. The number of pyridine rings is 1. The van der Waals surface area contributed by atoms with Gasteiger partial charge in [0.05, 0.1) is 6.42 Å². The number of hydrogen-bond donors (Lipinski definition) is 0. The molecular formula is C18H23N3OS. The second-order valence-electron chi connectivity index (χ2n) is 6.37. The highest BCUT2D eigenvalue weighted by atomic mass is 32.1. The van der Waals surface area contributed by atoms with Gasteiger partial charge in [-0.05, 0) is 36.9 Å². The van der Waals surface area contributed by atoms with Gasteiger partial charge < -0.3 is 9.80 Å². The number of amides is 1. The Bertz CT molecular complexity index is 682. The molecule has 0 aromatic carbocycles. The zero-order chi connectivity index (χ0) is 16.4. The normalized spacial score (nSPS) is 17.5. The van der Waals surface area contributed by atoms with Crippen molar-refractivity contribution in [3.8, 4) is 0 Å². The molecule has 2 aromatic rings. The predicted octanol–water partition coefficient (Wildman–Crippen LogP) is 3.08. The zero-order valence-electron chi connectivity index (χ0n) is 14.0.